The monoisotopic (exact) mass is 416 g/mol. The lowest BCUT2D eigenvalue weighted by molar-refractivity contribution is 0.0766. The van der Waals surface area contributed by atoms with E-state index in [2.05, 4.69) is 10.2 Å². The van der Waals surface area contributed by atoms with Crippen LogP contribution in [0.4, 0.5) is 5.69 Å². The molecule has 0 spiro atoms. The van der Waals surface area contributed by atoms with Crippen molar-refractivity contribution in [2.24, 2.45) is 0 Å². The topological polar surface area (TPSA) is 73.0 Å². The van der Waals surface area contributed by atoms with Crippen molar-refractivity contribution in [3.8, 4) is 0 Å². The number of benzene rings is 1. The first-order valence-corrected chi connectivity index (χ1v) is 10.7. The third-order valence-corrected chi connectivity index (χ3v) is 6.86. The first kappa shape index (κ1) is 21.9. The molecule has 1 N–H and O–H groups in total. The SMILES string of the molecule is CN(C)S(=O)(=O)c1ccc(N2CCCC2)c(C(=O)N2CCCNCC2)c1.Cl. The summed E-state index contributed by atoms with van der Waals surface area (Å²) in [5, 5.41) is 3.30. The third kappa shape index (κ3) is 4.74. The van der Waals surface area contributed by atoms with Crippen molar-refractivity contribution in [1.29, 1.82) is 0 Å². The Bertz CT molecular complexity index is 756. The van der Waals surface area contributed by atoms with Gasteiger partial charge in [-0.05, 0) is 44.0 Å². The van der Waals surface area contributed by atoms with Gasteiger partial charge in [0, 0.05) is 52.5 Å². The number of sulfonamides is 1. The molecule has 0 atom stereocenters. The van der Waals surface area contributed by atoms with Crippen molar-refractivity contribution in [1.82, 2.24) is 14.5 Å². The largest absolute Gasteiger partial charge is 0.371 e. The lowest BCUT2D eigenvalue weighted by Gasteiger charge is -2.26. The molecule has 2 saturated heterocycles. The van der Waals surface area contributed by atoms with Crippen LogP contribution in [-0.4, -0.2) is 76.9 Å². The summed E-state index contributed by atoms with van der Waals surface area (Å²) in [4.78, 5) is 17.4. The maximum absolute atomic E-state index is 13.2. The van der Waals surface area contributed by atoms with Crippen molar-refractivity contribution in [2.75, 3.05) is 58.3 Å². The molecule has 7 nitrogen and oxygen atoms in total. The van der Waals surface area contributed by atoms with Gasteiger partial charge in [0.1, 0.15) is 0 Å². The number of nitrogens with zero attached hydrogens (tertiary/aromatic N) is 3. The fourth-order valence-electron chi connectivity index (χ4n) is 3.51. The first-order valence-electron chi connectivity index (χ1n) is 9.23. The van der Waals surface area contributed by atoms with Gasteiger partial charge in [-0.3, -0.25) is 4.79 Å². The van der Waals surface area contributed by atoms with Crippen molar-refractivity contribution in [2.45, 2.75) is 24.2 Å². The lowest BCUT2D eigenvalue weighted by Crippen LogP contribution is -2.35. The molecule has 1 aromatic rings. The highest BCUT2D eigenvalue weighted by molar-refractivity contribution is 7.89. The number of hydrogen-bond acceptors (Lipinski definition) is 5. The van der Waals surface area contributed by atoms with Gasteiger partial charge in [0.25, 0.3) is 5.91 Å². The van der Waals surface area contributed by atoms with Crippen LogP contribution in [0.15, 0.2) is 23.1 Å². The van der Waals surface area contributed by atoms with E-state index in [1.54, 1.807) is 18.2 Å². The second-order valence-electron chi connectivity index (χ2n) is 7.06. The van der Waals surface area contributed by atoms with Crippen LogP contribution in [0.2, 0.25) is 0 Å². The van der Waals surface area contributed by atoms with Gasteiger partial charge in [0.2, 0.25) is 10.0 Å². The highest BCUT2D eigenvalue weighted by atomic mass is 35.5. The molecule has 1 aromatic carbocycles. The number of hydrogen-bond donors (Lipinski definition) is 1. The highest BCUT2D eigenvalue weighted by Gasteiger charge is 2.27. The summed E-state index contributed by atoms with van der Waals surface area (Å²) in [5.74, 6) is -0.0774. The second-order valence-corrected chi connectivity index (χ2v) is 9.21. The van der Waals surface area contributed by atoms with Gasteiger partial charge in [-0.1, -0.05) is 0 Å². The van der Waals surface area contributed by atoms with Gasteiger partial charge in [-0.25, -0.2) is 12.7 Å². The van der Waals surface area contributed by atoms with Gasteiger partial charge >= 0.3 is 0 Å². The zero-order chi connectivity index (χ0) is 18.7. The Morgan fingerprint density at radius 1 is 1.04 bits per heavy atom. The minimum absolute atomic E-state index is 0. The summed E-state index contributed by atoms with van der Waals surface area (Å²) >= 11 is 0. The molecule has 3 rings (SSSR count). The Hall–Kier alpha value is -1.35. The van der Waals surface area contributed by atoms with Crippen LogP contribution >= 0.6 is 12.4 Å². The normalized spacial score (nSPS) is 18.3. The van der Waals surface area contributed by atoms with Gasteiger partial charge < -0.3 is 15.1 Å². The lowest BCUT2D eigenvalue weighted by atomic mass is 10.1. The van der Waals surface area contributed by atoms with Crippen molar-refractivity contribution < 1.29 is 13.2 Å². The van der Waals surface area contributed by atoms with E-state index in [1.165, 1.54) is 18.4 Å². The van der Waals surface area contributed by atoms with Crippen molar-refractivity contribution in [3.05, 3.63) is 23.8 Å². The Morgan fingerprint density at radius 3 is 2.41 bits per heavy atom. The van der Waals surface area contributed by atoms with E-state index in [0.717, 1.165) is 51.1 Å². The molecular formula is C18H29ClN4O3S. The van der Waals surface area contributed by atoms with E-state index in [-0.39, 0.29) is 23.2 Å². The molecule has 2 aliphatic rings. The molecule has 0 bridgehead atoms. The zero-order valence-corrected chi connectivity index (χ0v) is 17.6. The Morgan fingerprint density at radius 2 is 1.74 bits per heavy atom. The molecule has 9 heteroatoms. The number of nitrogens with one attached hydrogen (secondary N) is 1. The Kier molecular flexibility index (Phi) is 7.50. The van der Waals surface area contributed by atoms with Crippen LogP contribution in [0.1, 0.15) is 29.6 Å². The molecule has 2 aliphatic heterocycles. The number of carbonyl (C=O) groups excluding carboxylic acids is 1. The van der Waals surface area contributed by atoms with Gasteiger partial charge in [0.05, 0.1) is 10.5 Å². The van der Waals surface area contributed by atoms with E-state index in [1.807, 2.05) is 4.90 Å². The molecule has 27 heavy (non-hydrogen) atoms. The van der Waals surface area contributed by atoms with Crippen LogP contribution in [-0.2, 0) is 10.0 Å². The summed E-state index contributed by atoms with van der Waals surface area (Å²) in [6.45, 7) is 4.81. The Balaban J connectivity index is 0.00000261. The van der Waals surface area contributed by atoms with Gasteiger partial charge in [-0.15, -0.1) is 12.4 Å². The number of carbonyl (C=O) groups is 1. The molecule has 0 radical (unpaired) electrons. The highest BCUT2D eigenvalue weighted by Crippen LogP contribution is 2.29. The van der Waals surface area contributed by atoms with E-state index in [9.17, 15) is 13.2 Å². The molecule has 1 amide bonds. The minimum Gasteiger partial charge on any atom is -0.371 e. The van der Waals surface area contributed by atoms with Crippen molar-refractivity contribution >= 4 is 34.0 Å². The standard InChI is InChI=1S/C18H28N4O3S.ClH/c1-20(2)26(24,25)15-6-7-17(21-10-3-4-11-21)16(14-15)18(23)22-12-5-8-19-9-13-22;/h6-7,14,19H,3-5,8-13H2,1-2H3;1H. The summed E-state index contributed by atoms with van der Waals surface area (Å²) in [5.41, 5.74) is 1.35. The number of anilines is 1. The molecular weight excluding hydrogens is 388 g/mol. The predicted molar refractivity (Wildman–Crippen MR) is 109 cm³/mol. The second kappa shape index (κ2) is 9.23. The van der Waals surface area contributed by atoms with Crippen molar-refractivity contribution in [3.63, 3.8) is 0 Å². The van der Waals surface area contributed by atoms with E-state index in [0.29, 0.717) is 18.7 Å². The van der Waals surface area contributed by atoms with Gasteiger partial charge in [-0.2, -0.15) is 0 Å². The molecule has 0 aliphatic carbocycles. The van der Waals surface area contributed by atoms with Crippen LogP contribution < -0.4 is 10.2 Å². The van der Waals surface area contributed by atoms with Gasteiger partial charge in [0.15, 0.2) is 0 Å². The first-order chi connectivity index (χ1) is 12.4. The number of amides is 1. The third-order valence-electron chi connectivity index (χ3n) is 5.05. The van der Waals surface area contributed by atoms with Crippen LogP contribution in [0.25, 0.3) is 0 Å². The van der Waals surface area contributed by atoms with E-state index < -0.39 is 10.0 Å². The maximum atomic E-state index is 13.2. The van der Waals surface area contributed by atoms with Crippen LogP contribution in [0, 0.1) is 0 Å². The average molecular weight is 417 g/mol. The fraction of sp³-hybridized carbons (Fsp3) is 0.611. The Labute approximate surface area is 168 Å². The van der Waals surface area contributed by atoms with E-state index in [4.69, 9.17) is 0 Å². The number of halogens is 1. The average Bonchev–Trinajstić information content (AvgIpc) is 3.02. The van der Waals surface area contributed by atoms with Crippen LogP contribution in [0.5, 0.6) is 0 Å². The molecule has 0 saturated carbocycles. The summed E-state index contributed by atoms with van der Waals surface area (Å²) < 4.78 is 26.3. The van der Waals surface area contributed by atoms with Crippen LogP contribution in [0.3, 0.4) is 0 Å². The molecule has 152 valence electrons. The molecule has 0 aromatic heterocycles. The molecule has 2 heterocycles. The summed E-state index contributed by atoms with van der Waals surface area (Å²) in [6, 6.07) is 4.97. The summed E-state index contributed by atoms with van der Waals surface area (Å²) in [6.07, 6.45) is 3.10. The molecule has 0 unspecified atom stereocenters. The zero-order valence-electron chi connectivity index (χ0n) is 16.0. The summed E-state index contributed by atoms with van der Waals surface area (Å²) in [7, 11) is -0.568. The minimum atomic E-state index is -3.58. The predicted octanol–water partition coefficient (Wildman–Crippen LogP) is 1.39. The van der Waals surface area contributed by atoms with E-state index >= 15 is 0 Å². The smallest absolute Gasteiger partial charge is 0.256 e. The number of rotatable bonds is 4. The molecule has 2 fully saturated rings. The maximum Gasteiger partial charge on any atom is 0.256 e. The quantitative estimate of drug-likeness (QED) is 0.803. The fourth-order valence-corrected chi connectivity index (χ4v) is 4.44.